The first-order valence-electron chi connectivity index (χ1n) is 6.97. The maximum absolute atomic E-state index is 12.1. The summed E-state index contributed by atoms with van der Waals surface area (Å²) >= 11 is 0. The Labute approximate surface area is 146 Å². The lowest BCUT2D eigenvalue weighted by Gasteiger charge is -2.10. The molecule has 0 N–H and O–H groups in total. The molecule has 0 aromatic heterocycles. The molecule has 26 heavy (non-hydrogen) atoms. The van der Waals surface area contributed by atoms with Gasteiger partial charge in [-0.1, -0.05) is 18.2 Å². The molecule has 2 aromatic rings. The van der Waals surface area contributed by atoms with Crippen LogP contribution >= 0.6 is 0 Å². The normalized spacial score (nSPS) is 11.8. The number of nitrogens with zero attached hydrogens (tertiary/aromatic N) is 1. The van der Waals surface area contributed by atoms with Gasteiger partial charge in [0.05, 0.1) is 4.92 Å². The number of ether oxygens (including phenoxy) is 1. The van der Waals surface area contributed by atoms with Crippen LogP contribution in [0.15, 0.2) is 42.5 Å². The highest BCUT2D eigenvalue weighted by molar-refractivity contribution is 7.86. The van der Waals surface area contributed by atoms with Crippen LogP contribution < -0.4 is 8.92 Å². The third-order valence-electron chi connectivity index (χ3n) is 3.03. The first-order valence-corrected chi connectivity index (χ1v) is 8.55. The number of alkyl halides is 3. The maximum atomic E-state index is 12.1. The summed E-state index contributed by atoms with van der Waals surface area (Å²) in [4.78, 5) is 10.2. The number of benzene rings is 2. The average molecular weight is 391 g/mol. The Morgan fingerprint density at radius 1 is 1.12 bits per heavy atom. The number of hydrogen-bond acceptors (Lipinski definition) is 6. The summed E-state index contributed by atoms with van der Waals surface area (Å²) in [5.74, 6) is -1.64. The van der Waals surface area contributed by atoms with Crippen LogP contribution in [0, 0.1) is 17.0 Å². The molecule has 0 spiro atoms. The molecule has 11 heteroatoms. The average Bonchev–Trinajstić information content (AvgIpc) is 2.49. The zero-order valence-electron chi connectivity index (χ0n) is 13.2. The first kappa shape index (κ1) is 19.5. The van der Waals surface area contributed by atoms with E-state index in [2.05, 4.69) is 4.74 Å². The van der Waals surface area contributed by atoms with Gasteiger partial charge < -0.3 is 8.92 Å². The summed E-state index contributed by atoms with van der Waals surface area (Å²) in [5.41, 5.74) is 0.151. The second-order valence-electron chi connectivity index (χ2n) is 5.21. The maximum Gasteiger partial charge on any atom is 0.573 e. The molecule has 2 rings (SSSR count). The molecule has 2 aromatic carbocycles. The predicted octanol–water partition coefficient (Wildman–Crippen LogP) is 3.71. The fraction of sp³-hybridized carbons (Fsp3) is 0.200. The van der Waals surface area contributed by atoms with Crippen LogP contribution in [0.5, 0.6) is 11.5 Å². The van der Waals surface area contributed by atoms with E-state index < -0.39 is 44.3 Å². The third kappa shape index (κ3) is 5.62. The number of nitro benzene ring substituents is 1. The van der Waals surface area contributed by atoms with Crippen molar-refractivity contribution in [2.24, 2.45) is 0 Å². The smallest absolute Gasteiger partial charge is 0.406 e. The van der Waals surface area contributed by atoms with E-state index in [0.29, 0.717) is 5.56 Å². The van der Waals surface area contributed by atoms with E-state index in [0.717, 1.165) is 36.4 Å². The second-order valence-corrected chi connectivity index (χ2v) is 6.78. The summed E-state index contributed by atoms with van der Waals surface area (Å²) in [6.07, 6.45) is -4.86. The molecule has 0 atom stereocenters. The predicted molar refractivity (Wildman–Crippen MR) is 84.2 cm³/mol. The van der Waals surface area contributed by atoms with Gasteiger partial charge in [0, 0.05) is 6.07 Å². The molecule has 0 saturated heterocycles. The van der Waals surface area contributed by atoms with Crippen LogP contribution in [0.4, 0.5) is 18.9 Å². The minimum atomic E-state index is -4.86. The number of hydrogen-bond donors (Lipinski definition) is 0. The second kappa shape index (κ2) is 7.20. The minimum absolute atomic E-state index is 0.120. The molecule has 0 aliphatic rings. The molecule has 0 bridgehead atoms. The van der Waals surface area contributed by atoms with Gasteiger partial charge in [0.1, 0.15) is 11.5 Å². The van der Waals surface area contributed by atoms with Gasteiger partial charge in [-0.05, 0) is 36.2 Å². The Morgan fingerprint density at radius 3 is 2.27 bits per heavy atom. The van der Waals surface area contributed by atoms with Crippen LogP contribution in [-0.2, 0) is 15.9 Å². The largest absolute Gasteiger partial charge is 0.573 e. The van der Waals surface area contributed by atoms with Crippen molar-refractivity contribution in [1.29, 1.82) is 0 Å². The molecule has 0 heterocycles. The summed E-state index contributed by atoms with van der Waals surface area (Å²) in [6, 6.07) is 7.90. The number of aryl methyl sites for hydroxylation is 1. The molecular weight excluding hydrogens is 379 g/mol. The Hall–Kier alpha value is -2.82. The Kier molecular flexibility index (Phi) is 5.40. The van der Waals surface area contributed by atoms with Crippen molar-refractivity contribution in [1.82, 2.24) is 0 Å². The molecule has 7 nitrogen and oxygen atoms in total. The highest BCUT2D eigenvalue weighted by Gasteiger charge is 2.31. The van der Waals surface area contributed by atoms with Crippen molar-refractivity contribution in [2.75, 3.05) is 0 Å². The lowest BCUT2D eigenvalue weighted by molar-refractivity contribution is -0.385. The Morgan fingerprint density at radius 2 is 1.73 bits per heavy atom. The van der Waals surface area contributed by atoms with Crippen LogP contribution in [0.3, 0.4) is 0 Å². The molecule has 0 aliphatic heterocycles. The van der Waals surface area contributed by atoms with E-state index in [1.807, 2.05) is 0 Å². The van der Waals surface area contributed by atoms with Gasteiger partial charge in [-0.2, -0.15) is 8.42 Å². The summed E-state index contributed by atoms with van der Waals surface area (Å²) < 4.78 is 68.9. The van der Waals surface area contributed by atoms with Crippen molar-refractivity contribution in [3.8, 4) is 11.5 Å². The van der Waals surface area contributed by atoms with Crippen molar-refractivity contribution in [3.63, 3.8) is 0 Å². The van der Waals surface area contributed by atoms with Crippen LogP contribution in [0.25, 0.3) is 0 Å². The summed E-state index contributed by atoms with van der Waals surface area (Å²) in [5, 5.41) is 11.0. The summed E-state index contributed by atoms with van der Waals surface area (Å²) in [7, 11) is -4.27. The molecule has 0 saturated carbocycles. The van der Waals surface area contributed by atoms with Gasteiger partial charge in [-0.15, -0.1) is 13.2 Å². The molecule has 140 valence electrons. The number of halogens is 3. The standard InChI is InChI=1S/C15H12F3NO6S/c1-10-2-7-14(13(8-10)19(20)21)25-26(22,23)9-11-3-5-12(6-4-11)24-15(16,17)18/h2-8H,9H2,1H3. The molecule has 0 aliphatic carbocycles. The molecule has 0 fully saturated rings. The zero-order chi connectivity index (χ0) is 19.5. The van der Waals surface area contributed by atoms with E-state index in [4.69, 9.17) is 4.18 Å². The Balaban J connectivity index is 2.16. The molecule has 0 radical (unpaired) electrons. The van der Waals surface area contributed by atoms with Gasteiger partial charge >= 0.3 is 22.2 Å². The van der Waals surface area contributed by atoms with Gasteiger partial charge in [-0.3, -0.25) is 10.1 Å². The van der Waals surface area contributed by atoms with E-state index in [1.165, 1.54) is 6.07 Å². The van der Waals surface area contributed by atoms with E-state index >= 15 is 0 Å². The fourth-order valence-electron chi connectivity index (χ4n) is 2.00. The van der Waals surface area contributed by atoms with Gasteiger partial charge in [0.2, 0.25) is 5.75 Å². The number of nitro groups is 1. The van der Waals surface area contributed by atoms with E-state index in [9.17, 15) is 31.7 Å². The third-order valence-corrected chi connectivity index (χ3v) is 4.15. The van der Waals surface area contributed by atoms with Crippen LogP contribution in [-0.4, -0.2) is 19.7 Å². The first-order chi connectivity index (χ1) is 12.0. The number of rotatable bonds is 6. The van der Waals surface area contributed by atoms with Crippen LogP contribution in [0.1, 0.15) is 11.1 Å². The zero-order valence-corrected chi connectivity index (χ0v) is 14.0. The highest BCUT2D eigenvalue weighted by Crippen LogP contribution is 2.30. The molecule has 0 amide bonds. The van der Waals surface area contributed by atoms with Crippen molar-refractivity contribution in [2.45, 2.75) is 19.0 Å². The van der Waals surface area contributed by atoms with Gasteiger partial charge in [0.15, 0.2) is 0 Å². The topological polar surface area (TPSA) is 95.7 Å². The quantitative estimate of drug-likeness (QED) is 0.423. The van der Waals surface area contributed by atoms with E-state index in [-0.39, 0.29) is 5.56 Å². The minimum Gasteiger partial charge on any atom is -0.406 e. The lowest BCUT2D eigenvalue weighted by Crippen LogP contribution is -2.17. The molecule has 0 unspecified atom stereocenters. The van der Waals surface area contributed by atoms with Gasteiger partial charge in [0.25, 0.3) is 0 Å². The van der Waals surface area contributed by atoms with Crippen molar-refractivity contribution < 1.29 is 35.4 Å². The van der Waals surface area contributed by atoms with Crippen LogP contribution in [0.2, 0.25) is 0 Å². The summed E-state index contributed by atoms with van der Waals surface area (Å²) in [6.45, 7) is 1.59. The van der Waals surface area contributed by atoms with E-state index in [1.54, 1.807) is 6.92 Å². The van der Waals surface area contributed by atoms with Gasteiger partial charge in [-0.25, -0.2) is 0 Å². The monoisotopic (exact) mass is 391 g/mol. The Bertz CT molecular complexity index is 910. The molecular formula is C15H12F3NO6S. The lowest BCUT2D eigenvalue weighted by atomic mass is 10.2. The van der Waals surface area contributed by atoms with Crippen molar-refractivity contribution >= 4 is 15.8 Å². The van der Waals surface area contributed by atoms with Crippen molar-refractivity contribution in [3.05, 3.63) is 63.7 Å². The SMILES string of the molecule is Cc1ccc(OS(=O)(=O)Cc2ccc(OC(F)(F)F)cc2)c([N+](=O)[O-])c1. The fourth-order valence-corrected chi connectivity index (χ4v) is 3.07. The highest BCUT2D eigenvalue weighted by atomic mass is 32.2.